The summed E-state index contributed by atoms with van der Waals surface area (Å²) >= 11 is 0. The summed E-state index contributed by atoms with van der Waals surface area (Å²) in [6.45, 7) is 6.85. The van der Waals surface area contributed by atoms with Crippen LogP contribution < -0.4 is 0 Å². The lowest BCUT2D eigenvalue weighted by Gasteiger charge is -2.28. The molecule has 0 nitrogen and oxygen atoms in total. The molecule has 3 fully saturated rings. The van der Waals surface area contributed by atoms with Crippen molar-refractivity contribution in [2.75, 3.05) is 0 Å². The fourth-order valence-electron chi connectivity index (χ4n) is 4.43. The molecule has 0 spiro atoms. The van der Waals surface area contributed by atoms with E-state index >= 15 is 0 Å². The highest BCUT2D eigenvalue weighted by Crippen LogP contribution is 2.53. The lowest BCUT2D eigenvalue weighted by atomic mass is 9.78. The van der Waals surface area contributed by atoms with E-state index in [1.54, 1.807) is 12.0 Å². The Kier molecular flexibility index (Phi) is 3.82. The Hall–Kier alpha value is -0.260. The predicted molar refractivity (Wildman–Crippen MR) is 78.4 cm³/mol. The van der Waals surface area contributed by atoms with Crippen LogP contribution in [0.4, 0.5) is 0 Å². The quantitative estimate of drug-likeness (QED) is 0.568. The number of hydrogen-bond donors (Lipinski definition) is 0. The Morgan fingerprint density at radius 2 is 1.72 bits per heavy atom. The van der Waals surface area contributed by atoms with E-state index in [9.17, 15) is 0 Å². The third-order valence-electron chi connectivity index (χ3n) is 6.13. The van der Waals surface area contributed by atoms with Gasteiger partial charge in [-0.3, -0.25) is 0 Å². The molecule has 0 saturated heterocycles. The van der Waals surface area contributed by atoms with Gasteiger partial charge in [-0.2, -0.15) is 0 Å². The summed E-state index contributed by atoms with van der Waals surface area (Å²) in [6.07, 6.45) is 14.7. The molecule has 0 aromatic carbocycles. The minimum atomic E-state index is 0.899. The first-order chi connectivity index (χ1) is 8.72. The van der Waals surface area contributed by atoms with Gasteiger partial charge in [0.15, 0.2) is 0 Å². The summed E-state index contributed by atoms with van der Waals surface area (Å²) in [5, 5.41) is 0. The number of fused-ring (bicyclic) bond motifs is 1. The third kappa shape index (κ3) is 3.00. The zero-order valence-corrected chi connectivity index (χ0v) is 12.2. The van der Waals surface area contributed by atoms with Crippen LogP contribution in [0.25, 0.3) is 0 Å². The van der Waals surface area contributed by atoms with Crippen molar-refractivity contribution < 1.29 is 0 Å². The smallest absolute Gasteiger partial charge is 0.0203 e. The Morgan fingerprint density at radius 3 is 2.44 bits per heavy atom. The van der Waals surface area contributed by atoms with E-state index < -0.39 is 0 Å². The first-order valence-corrected chi connectivity index (χ1v) is 8.40. The van der Waals surface area contributed by atoms with Gasteiger partial charge in [0.05, 0.1) is 0 Å². The highest BCUT2D eigenvalue weighted by molar-refractivity contribution is 5.07. The monoisotopic (exact) mass is 246 g/mol. The van der Waals surface area contributed by atoms with Crippen molar-refractivity contribution in [3.8, 4) is 0 Å². The molecule has 3 aliphatic carbocycles. The number of rotatable bonds is 4. The van der Waals surface area contributed by atoms with Gasteiger partial charge in [0, 0.05) is 0 Å². The summed E-state index contributed by atoms with van der Waals surface area (Å²) in [6, 6.07) is 0. The van der Waals surface area contributed by atoms with Crippen molar-refractivity contribution in [3.05, 3.63) is 12.2 Å². The van der Waals surface area contributed by atoms with Gasteiger partial charge in [0.25, 0.3) is 0 Å². The van der Waals surface area contributed by atoms with Crippen LogP contribution in [0.15, 0.2) is 12.2 Å². The van der Waals surface area contributed by atoms with Crippen molar-refractivity contribution in [3.63, 3.8) is 0 Å². The molecule has 102 valence electrons. The van der Waals surface area contributed by atoms with Gasteiger partial charge in [0.1, 0.15) is 0 Å². The molecule has 0 aromatic rings. The highest BCUT2D eigenvalue weighted by atomic mass is 14.5. The van der Waals surface area contributed by atoms with Gasteiger partial charge in [-0.1, -0.05) is 44.8 Å². The topological polar surface area (TPSA) is 0 Å². The lowest BCUT2D eigenvalue weighted by molar-refractivity contribution is 0.273. The van der Waals surface area contributed by atoms with Gasteiger partial charge in [0.2, 0.25) is 0 Å². The predicted octanol–water partition coefficient (Wildman–Crippen LogP) is 5.59. The van der Waals surface area contributed by atoms with Crippen LogP contribution in [0.3, 0.4) is 0 Å². The molecule has 0 amide bonds. The van der Waals surface area contributed by atoms with E-state index in [1.807, 2.05) is 0 Å². The maximum Gasteiger partial charge on any atom is -0.0203 e. The van der Waals surface area contributed by atoms with E-state index in [1.165, 1.54) is 57.8 Å². The van der Waals surface area contributed by atoms with Crippen LogP contribution in [0.5, 0.6) is 0 Å². The number of hydrogen-bond acceptors (Lipinski definition) is 0. The van der Waals surface area contributed by atoms with Crippen molar-refractivity contribution in [1.29, 1.82) is 0 Å². The molecule has 0 aromatic heterocycles. The molecule has 3 atom stereocenters. The summed E-state index contributed by atoms with van der Waals surface area (Å²) in [5.74, 6) is 5.16. The Labute approximate surface area is 113 Å². The standard InChI is InChI=1S/C18H30/c1-13-3-6-15(7-4-13)8-5-14(2)16-9-10-17-12-18(17)11-16/h13,15-18H,2-12H2,1H3. The molecule has 3 unspecified atom stereocenters. The van der Waals surface area contributed by atoms with Crippen molar-refractivity contribution >= 4 is 0 Å². The lowest BCUT2D eigenvalue weighted by Crippen LogP contribution is -2.14. The molecule has 3 rings (SSSR count). The van der Waals surface area contributed by atoms with Crippen molar-refractivity contribution in [1.82, 2.24) is 0 Å². The minimum Gasteiger partial charge on any atom is -0.0996 e. The molecule has 3 saturated carbocycles. The Balaban J connectivity index is 1.38. The Bertz CT molecular complexity index is 295. The average Bonchev–Trinajstić information content (AvgIpc) is 3.16. The molecular weight excluding hydrogens is 216 g/mol. The molecule has 0 heterocycles. The van der Waals surface area contributed by atoms with Crippen LogP contribution >= 0.6 is 0 Å². The molecule has 0 bridgehead atoms. The maximum absolute atomic E-state index is 4.43. The molecule has 0 N–H and O–H groups in total. The summed E-state index contributed by atoms with van der Waals surface area (Å²) in [7, 11) is 0. The van der Waals surface area contributed by atoms with Crippen LogP contribution in [0.1, 0.15) is 71.1 Å². The largest absolute Gasteiger partial charge is 0.0996 e. The van der Waals surface area contributed by atoms with Crippen LogP contribution in [0.2, 0.25) is 0 Å². The summed E-state index contributed by atoms with van der Waals surface area (Å²) < 4.78 is 0. The van der Waals surface area contributed by atoms with Gasteiger partial charge in [-0.05, 0) is 68.1 Å². The number of allylic oxidation sites excluding steroid dienone is 1. The zero-order valence-electron chi connectivity index (χ0n) is 12.2. The normalized spacial score (nSPS) is 43.3. The molecular formula is C18H30. The fraction of sp³-hybridized carbons (Fsp3) is 0.889. The molecule has 3 aliphatic rings. The van der Waals surface area contributed by atoms with Gasteiger partial charge in [-0.15, -0.1) is 0 Å². The molecule has 0 heteroatoms. The van der Waals surface area contributed by atoms with E-state index in [0.717, 1.165) is 29.6 Å². The summed E-state index contributed by atoms with van der Waals surface area (Å²) in [4.78, 5) is 0. The third-order valence-corrected chi connectivity index (χ3v) is 6.13. The Morgan fingerprint density at radius 1 is 0.944 bits per heavy atom. The molecule has 0 radical (unpaired) electrons. The van der Waals surface area contributed by atoms with Crippen molar-refractivity contribution in [2.24, 2.45) is 29.6 Å². The SMILES string of the molecule is C=C(CCC1CCC(C)CC1)C1CCC2CC2C1. The van der Waals surface area contributed by atoms with Crippen LogP contribution in [0, 0.1) is 29.6 Å². The van der Waals surface area contributed by atoms with Gasteiger partial charge >= 0.3 is 0 Å². The van der Waals surface area contributed by atoms with Crippen LogP contribution in [-0.4, -0.2) is 0 Å². The van der Waals surface area contributed by atoms with E-state index in [0.29, 0.717) is 0 Å². The first-order valence-electron chi connectivity index (χ1n) is 8.40. The summed E-state index contributed by atoms with van der Waals surface area (Å²) in [5.41, 5.74) is 1.61. The zero-order chi connectivity index (χ0) is 12.5. The second-order valence-corrected chi connectivity index (χ2v) is 7.59. The van der Waals surface area contributed by atoms with Gasteiger partial charge in [-0.25, -0.2) is 0 Å². The average molecular weight is 246 g/mol. The van der Waals surface area contributed by atoms with E-state index in [2.05, 4.69) is 13.5 Å². The fourth-order valence-corrected chi connectivity index (χ4v) is 4.43. The molecule has 0 aliphatic heterocycles. The van der Waals surface area contributed by atoms with E-state index in [4.69, 9.17) is 0 Å². The molecule has 18 heavy (non-hydrogen) atoms. The second-order valence-electron chi connectivity index (χ2n) is 7.59. The van der Waals surface area contributed by atoms with Crippen LogP contribution in [-0.2, 0) is 0 Å². The highest BCUT2D eigenvalue weighted by Gasteiger charge is 2.42. The maximum atomic E-state index is 4.43. The van der Waals surface area contributed by atoms with E-state index in [-0.39, 0.29) is 0 Å². The second kappa shape index (κ2) is 5.39. The first kappa shape index (κ1) is 12.8. The van der Waals surface area contributed by atoms with Crippen molar-refractivity contribution in [2.45, 2.75) is 71.1 Å². The minimum absolute atomic E-state index is 0.899. The van der Waals surface area contributed by atoms with Gasteiger partial charge < -0.3 is 0 Å².